The summed E-state index contributed by atoms with van der Waals surface area (Å²) in [6.07, 6.45) is 4.93. The molecule has 21 heavy (non-hydrogen) atoms. The molecule has 2 heterocycles. The number of carbonyl (C=O) groups is 2. The van der Waals surface area contributed by atoms with Gasteiger partial charge in [0.25, 0.3) is 0 Å². The Hall–Kier alpha value is -1.10. The minimum atomic E-state index is 0.180. The number of amides is 2. The first-order chi connectivity index (χ1) is 10.1. The van der Waals surface area contributed by atoms with Gasteiger partial charge in [-0.15, -0.1) is 0 Å². The van der Waals surface area contributed by atoms with Crippen molar-refractivity contribution in [3.63, 3.8) is 0 Å². The van der Waals surface area contributed by atoms with Gasteiger partial charge in [-0.05, 0) is 18.8 Å². The monoisotopic (exact) mass is 295 g/mol. The molecule has 2 unspecified atom stereocenters. The van der Waals surface area contributed by atoms with Crippen molar-refractivity contribution in [3.8, 4) is 0 Å². The summed E-state index contributed by atoms with van der Waals surface area (Å²) < 4.78 is 0. The van der Waals surface area contributed by atoms with E-state index in [1.165, 1.54) is 0 Å². The quantitative estimate of drug-likeness (QED) is 0.830. The van der Waals surface area contributed by atoms with Crippen LogP contribution < -0.4 is 5.32 Å². The third kappa shape index (κ3) is 4.43. The largest absolute Gasteiger partial charge is 0.341 e. The molecule has 2 aliphatic rings. The lowest BCUT2D eigenvalue weighted by atomic mass is 9.99. The van der Waals surface area contributed by atoms with Crippen LogP contribution in [0.4, 0.5) is 0 Å². The summed E-state index contributed by atoms with van der Waals surface area (Å²) in [6, 6.07) is 0.221. The number of piperazine rings is 1. The Kier molecular flexibility index (Phi) is 6.03. The summed E-state index contributed by atoms with van der Waals surface area (Å²) in [5.74, 6) is 0.909. The van der Waals surface area contributed by atoms with E-state index >= 15 is 0 Å². The second-order valence-electron chi connectivity index (χ2n) is 6.50. The molecule has 1 N–H and O–H groups in total. The van der Waals surface area contributed by atoms with E-state index in [9.17, 15) is 9.59 Å². The van der Waals surface area contributed by atoms with Crippen LogP contribution in [0, 0.1) is 5.92 Å². The average Bonchev–Trinajstić information content (AvgIpc) is 2.48. The molecule has 0 aromatic heterocycles. The van der Waals surface area contributed by atoms with E-state index in [0.29, 0.717) is 18.9 Å². The highest BCUT2D eigenvalue weighted by Crippen LogP contribution is 2.19. The van der Waals surface area contributed by atoms with Gasteiger partial charge in [0, 0.05) is 38.6 Å². The topological polar surface area (TPSA) is 52.7 Å². The Morgan fingerprint density at radius 3 is 2.95 bits per heavy atom. The molecule has 0 aromatic rings. The number of carbonyl (C=O) groups excluding carboxylic acids is 2. The van der Waals surface area contributed by atoms with Gasteiger partial charge in [-0.3, -0.25) is 9.59 Å². The predicted molar refractivity (Wildman–Crippen MR) is 82.9 cm³/mol. The molecule has 2 atom stereocenters. The Morgan fingerprint density at radius 2 is 2.24 bits per heavy atom. The number of likely N-dealkylation sites (tertiary alicyclic amines) is 1. The summed E-state index contributed by atoms with van der Waals surface area (Å²) in [5.41, 5.74) is 0. The first-order valence-corrected chi connectivity index (χ1v) is 8.39. The Balaban J connectivity index is 1.87. The Labute approximate surface area is 128 Å². The van der Waals surface area contributed by atoms with Crippen LogP contribution in [0.3, 0.4) is 0 Å². The van der Waals surface area contributed by atoms with E-state index in [1.807, 2.05) is 9.80 Å². The van der Waals surface area contributed by atoms with E-state index in [4.69, 9.17) is 0 Å². The molecule has 0 aromatic carbocycles. The van der Waals surface area contributed by atoms with Crippen LogP contribution in [0.5, 0.6) is 0 Å². The van der Waals surface area contributed by atoms with Crippen LogP contribution in [0.1, 0.15) is 46.0 Å². The van der Waals surface area contributed by atoms with Crippen molar-refractivity contribution in [2.24, 2.45) is 5.92 Å². The van der Waals surface area contributed by atoms with E-state index in [-0.39, 0.29) is 17.9 Å². The highest BCUT2D eigenvalue weighted by molar-refractivity contribution is 5.80. The number of nitrogens with one attached hydrogen (secondary N) is 1. The summed E-state index contributed by atoms with van der Waals surface area (Å²) in [5, 5.41) is 3.11. The number of nitrogens with zero attached hydrogens (tertiary/aromatic N) is 2. The fraction of sp³-hybridized carbons (Fsp3) is 0.875. The first-order valence-electron chi connectivity index (χ1n) is 8.39. The van der Waals surface area contributed by atoms with Gasteiger partial charge in [-0.1, -0.05) is 26.7 Å². The van der Waals surface area contributed by atoms with Gasteiger partial charge in [-0.2, -0.15) is 0 Å². The van der Waals surface area contributed by atoms with Gasteiger partial charge < -0.3 is 15.1 Å². The summed E-state index contributed by atoms with van der Waals surface area (Å²) in [4.78, 5) is 28.4. The second kappa shape index (κ2) is 7.78. The minimum absolute atomic E-state index is 0.180. The summed E-state index contributed by atoms with van der Waals surface area (Å²) >= 11 is 0. The molecular formula is C16H29N3O2. The number of piperidine rings is 1. The van der Waals surface area contributed by atoms with Crippen LogP contribution >= 0.6 is 0 Å². The zero-order chi connectivity index (χ0) is 15.2. The van der Waals surface area contributed by atoms with E-state index in [0.717, 1.165) is 51.9 Å². The first kappa shape index (κ1) is 16.3. The molecule has 2 rings (SSSR count). The molecule has 120 valence electrons. The fourth-order valence-corrected chi connectivity index (χ4v) is 3.46. The molecular weight excluding hydrogens is 266 g/mol. The molecule has 0 saturated carbocycles. The SMILES string of the molecule is CCCC(C)CC(=O)N1CCCC(N2CCNCC2=O)C1. The van der Waals surface area contributed by atoms with E-state index in [2.05, 4.69) is 19.2 Å². The Bertz CT molecular complexity index is 373. The molecule has 0 bridgehead atoms. The zero-order valence-corrected chi connectivity index (χ0v) is 13.4. The van der Waals surface area contributed by atoms with Crippen molar-refractivity contribution in [1.82, 2.24) is 15.1 Å². The van der Waals surface area contributed by atoms with Gasteiger partial charge >= 0.3 is 0 Å². The summed E-state index contributed by atoms with van der Waals surface area (Å²) in [6.45, 7) is 7.98. The molecule has 5 heteroatoms. The Morgan fingerprint density at radius 1 is 1.43 bits per heavy atom. The highest BCUT2D eigenvalue weighted by atomic mass is 16.2. The van der Waals surface area contributed by atoms with Crippen molar-refractivity contribution >= 4 is 11.8 Å². The number of rotatable bonds is 5. The lowest BCUT2D eigenvalue weighted by Crippen LogP contribution is -2.57. The lowest BCUT2D eigenvalue weighted by Gasteiger charge is -2.41. The summed E-state index contributed by atoms with van der Waals surface area (Å²) in [7, 11) is 0. The number of hydrogen-bond acceptors (Lipinski definition) is 3. The van der Waals surface area contributed by atoms with Gasteiger partial charge in [0.2, 0.25) is 11.8 Å². The van der Waals surface area contributed by atoms with Crippen molar-refractivity contribution in [2.45, 2.75) is 52.0 Å². The van der Waals surface area contributed by atoms with E-state index in [1.54, 1.807) is 0 Å². The average molecular weight is 295 g/mol. The predicted octanol–water partition coefficient (Wildman–Crippen LogP) is 1.24. The third-order valence-electron chi connectivity index (χ3n) is 4.62. The van der Waals surface area contributed by atoms with Gasteiger partial charge in [-0.25, -0.2) is 0 Å². The van der Waals surface area contributed by atoms with Crippen molar-refractivity contribution in [1.29, 1.82) is 0 Å². The van der Waals surface area contributed by atoms with Crippen LogP contribution in [0.25, 0.3) is 0 Å². The minimum Gasteiger partial charge on any atom is -0.341 e. The van der Waals surface area contributed by atoms with Crippen LogP contribution in [-0.2, 0) is 9.59 Å². The maximum absolute atomic E-state index is 12.4. The van der Waals surface area contributed by atoms with Crippen molar-refractivity contribution in [3.05, 3.63) is 0 Å². The standard InChI is InChI=1S/C16H29N3O2/c1-3-5-13(2)10-15(20)18-8-4-6-14(12-18)19-9-7-17-11-16(19)21/h13-14,17H,3-12H2,1-2H3. The van der Waals surface area contributed by atoms with Gasteiger partial charge in [0.05, 0.1) is 6.54 Å². The molecule has 2 amide bonds. The number of hydrogen-bond donors (Lipinski definition) is 1. The lowest BCUT2D eigenvalue weighted by molar-refractivity contribution is -0.140. The van der Waals surface area contributed by atoms with Crippen molar-refractivity contribution in [2.75, 3.05) is 32.7 Å². The molecule has 0 aliphatic carbocycles. The molecule has 0 radical (unpaired) electrons. The normalized spacial score (nSPS) is 25.0. The van der Waals surface area contributed by atoms with Crippen LogP contribution in [0.15, 0.2) is 0 Å². The molecule has 0 spiro atoms. The van der Waals surface area contributed by atoms with Crippen LogP contribution in [0.2, 0.25) is 0 Å². The fourth-order valence-electron chi connectivity index (χ4n) is 3.46. The third-order valence-corrected chi connectivity index (χ3v) is 4.62. The molecule has 2 saturated heterocycles. The van der Waals surface area contributed by atoms with Gasteiger partial charge in [0.1, 0.15) is 0 Å². The highest BCUT2D eigenvalue weighted by Gasteiger charge is 2.31. The maximum atomic E-state index is 12.4. The maximum Gasteiger partial charge on any atom is 0.236 e. The molecule has 2 aliphatic heterocycles. The zero-order valence-electron chi connectivity index (χ0n) is 13.4. The smallest absolute Gasteiger partial charge is 0.236 e. The van der Waals surface area contributed by atoms with E-state index < -0.39 is 0 Å². The van der Waals surface area contributed by atoms with Gasteiger partial charge in [0.15, 0.2) is 0 Å². The van der Waals surface area contributed by atoms with Crippen molar-refractivity contribution < 1.29 is 9.59 Å². The molecule has 2 fully saturated rings. The molecule has 5 nitrogen and oxygen atoms in total. The second-order valence-corrected chi connectivity index (χ2v) is 6.50. The van der Waals surface area contributed by atoms with Crippen LogP contribution in [-0.4, -0.2) is 60.4 Å².